The molecule has 1 aromatic rings. The first-order valence-corrected chi connectivity index (χ1v) is 6.84. The predicted molar refractivity (Wildman–Crippen MR) is 71.6 cm³/mol. The zero-order valence-corrected chi connectivity index (χ0v) is 11.1. The molecule has 1 heterocycles. The number of benzene rings is 1. The van der Waals surface area contributed by atoms with Gasteiger partial charge in [-0.25, -0.2) is 0 Å². The van der Waals surface area contributed by atoms with Crippen molar-refractivity contribution in [3.63, 3.8) is 0 Å². The lowest BCUT2D eigenvalue weighted by Crippen LogP contribution is -2.42. The maximum atomic E-state index is 6.12. The topological polar surface area (TPSA) is 12.5 Å². The Hall–Kier alpha value is -0.730. The normalized spacial score (nSPS) is 18.9. The van der Waals surface area contributed by atoms with E-state index in [2.05, 4.69) is 11.8 Å². The van der Waals surface area contributed by atoms with Crippen LogP contribution in [0.3, 0.4) is 0 Å². The van der Waals surface area contributed by atoms with Gasteiger partial charge in [0.2, 0.25) is 0 Å². The van der Waals surface area contributed by atoms with Gasteiger partial charge in [0.1, 0.15) is 5.75 Å². The number of likely N-dealkylation sites (tertiary alicyclic amines) is 1. The fourth-order valence-corrected chi connectivity index (χ4v) is 2.49. The van der Waals surface area contributed by atoms with Crippen LogP contribution in [0.4, 0.5) is 0 Å². The second-order valence-corrected chi connectivity index (χ2v) is 4.92. The predicted octanol–water partition coefficient (Wildman–Crippen LogP) is 3.94. The van der Waals surface area contributed by atoms with Gasteiger partial charge >= 0.3 is 0 Å². The van der Waals surface area contributed by atoms with Crippen LogP contribution < -0.4 is 4.74 Å². The highest BCUT2D eigenvalue weighted by molar-refractivity contribution is 6.32. The van der Waals surface area contributed by atoms with Gasteiger partial charge in [0.05, 0.1) is 5.02 Å². The molecule has 1 aromatic carbocycles. The summed E-state index contributed by atoms with van der Waals surface area (Å²) < 4.78 is 6.03. The van der Waals surface area contributed by atoms with E-state index in [0.717, 1.165) is 25.3 Å². The summed E-state index contributed by atoms with van der Waals surface area (Å²) in [6, 6.07) is 7.70. The zero-order chi connectivity index (χ0) is 12.1. The highest BCUT2D eigenvalue weighted by Crippen LogP contribution is 2.26. The summed E-state index contributed by atoms with van der Waals surface area (Å²) in [4.78, 5) is 2.42. The minimum absolute atomic E-state index is 0.162. The molecule has 2 nitrogen and oxygen atoms in total. The minimum Gasteiger partial charge on any atom is -0.474 e. The van der Waals surface area contributed by atoms with E-state index < -0.39 is 0 Å². The summed E-state index contributed by atoms with van der Waals surface area (Å²) in [5, 5.41) is 0.697. The quantitative estimate of drug-likeness (QED) is 0.806. The molecule has 0 aliphatic carbocycles. The molecule has 3 heteroatoms. The first-order valence-electron chi connectivity index (χ1n) is 6.46. The number of para-hydroxylation sites is 1. The molecule has 0 N–H and O–H groups in total. The van der Waals surface area contributed by atoms with Gasteiger partial charge in [0.25, 0.3) is 0 Å². The Morgan fingerprint density at radius 1 is 1.24 bits per heavy atom. The molecule has 0 spiro atoms. The molecule has 1 aliphatic heterocycles. The Morgan fingerprint density at radius 2 is 1.94 bits per heavy atom. The van der Waals surface area contributed by atoms with Crippen LogP contribution in [-0.2, 0) is 0 Å². The second-order valence-electron chi connectivity index (χ2n) is 4.51. The molecule has 1 saturated heterocycles. The van der Waals surface area contributed by atoms with Crippen LogP contribution in [0.2, 0.25) is 5.02 Å². The standard InChI is InChI=1S/C14H20ClNO/c1-2-14(16-10-6-3-7-11-16)17-13-9-5-4-8-12(13)15/h4-5,8-9,14H,2-3,6-7,10-11H2,1H3. The van der Waals surface area contributed by atoms with E-state index in [-0.39, 0.29) is 6.23 Å². The van der Waals surface area contributed by atoms with E-state index in [9.17, 15) is 0 Å². The lowest BCUT2D eigenvalue weighted by atomic mass is 10.1. The van der Waals surface area contributed by atoms with E-state index in [1.54, 1.807) is 0 Å². The molecule has 0 radical (unpaired) electrons. The summed E-state index contributed by atoms with van der Waals surface area (Å²) in [6.07, 6.45) is 5.06. The Bertz CT molecular complexity index is 350. The van der Waals surface area contributed by atoms with Crippen LogP contribution in [-0.4, -0.2) is 24.2 Å². The first kappa shape index (κ1) is 12.7. The van der Waals surface area contributed by atoms with Crippen molar-refractivity contribution < 1.29 is 4.74 Å². The van der Waals surface area contributed by atoms with E-state index in [4.69, 9.17) is 16.3 Å². The molecule has 0 amide bonds. The number of rotatable bonds is 4. The van der Waals surface area contributed by atoms with Crippen molar-refractivity contribution in [2.75, 3.05) is 13.1 Å². The molecule has 0 bridgehead atoms. The van der Waals surface area contributed by atoms with Crippen LogP contribution in [0.15, 0.2) is 24.3 Å². The van der Waals surface area contributed by atoms with Gasteiger partial charge in [0.15, 0.2) is 6.23 Å². The van der Waals surface area contributed by atoms with E-state index >= 15 is 0 Å². The smallest absolute Gasteiger partial charge is 0.152 e. The summed E-state index contributed by atoms with van der Waals surface area (Å²) >= 11 is 6.12. The molecule has 94 valence electrons. The van der Waals surface area contributed by atoms with E-state index in [0.29, 0.717) is 5.02 Å². The van der Waals surface area contributed by atoms with Gasteiger partial charge in [0, 0.05) is 13.1 Å². The number of hydrogen-bond acceptors (Lipinski definition) is 2. The largest absolute Gasteiger partial charge is 0.474 e. The van der Waals surface area contributed by atoms with Crippen molar-refractivity contribution in [2.24, 2.45) is 0 Å². The van der Waals surface area contributed by atoms with Gasteiger partial charge in [-0.1, -0.05) is 37.1 Å². The number of nitrogens with zero attached hydrogens (tertiary/aromatic N) is 1. The van der Waals surface area contributed by atoms with Crippen molar-refractivity contribution in [3.8, 4) is 5.75 Å². The number of ether oxygens (including phenoxy) is 1. The number of piperidine rings is 1. The number of halogens is 1. The highest BCUT2D eigenvalue weighted by atomic mass is 35.5. The van der Waals surface area contributed by atoms with Crippen molar-refractivity contribution in [1.29, 1.82) is 0 Å². The average molecular weight is 254 g/mol. The molecule has 0 saturated carbocycles. The molecule has 1 unspecified atom stereocenters. The third-order valence-electron chi connectivity index (χ3n) is 3.25. The van der Waals surface area contributed by atoms with Gasteiger partial charge in [-0.3, -0.25) is 4.90 Å². The molecule has 1 atom stereocenters. The third kappa shape index (κ3) is 3.36. The van der Waals surface area contributed by atoms with Gasteiger partial charge in [-0.2, -0.15) is 0 Å². The lowest BCUT2D eigenvalue weighted by molar-refractivity contribution is 0.00989. The van der Waals surface area contributed by atoms with Crippen molar-refractivity contribution in [1.82, 2.24) is 4.90 Å². The summed E-state index contributed by atoms with van der Waals surface area (Å²) in [6.45, 7) is 4.45. The van der Waals surface area contributed by atoms with Gasteiger partial charge < -0.3 is 4.74 Å². The fraction of sp³-hybridized carbons (Fsp3) is 0.571. The van der Waals surface area contributed by atoms with Crippen molar-refractivity contribution in [3.05, 3.63) is 29.3 Å². The van der Waals surface area contributed by atoms with Crippen molar-refractivity contribution in [2.45, 2.75) is 38.8 Å². The molecular formula is C14H20ClNO. The van der Waals surface area contributed by atoms with E-state index in [1.165, 1.54) is 19.3 Å². The molecule has 2 rings (SSSR count). The lowest BCUT2D eigenvalue weighted by Gasteiger charge is -2.34. The molecular weight excluding hydrogens is 234 g/mol. The molecule has 1 fully saturated rings. The van der Waals surface area contributed by atoms with Crippen LogP contribution in [0.5, 0.6) is 5.75 Å². The van der Waals surface area contributed by atoms with Crippen molar-refractivity contribution >= 4 is 11.6 Å². The molecule has 1 aliphatic rings. The zero-order valence-electron chi connectivity index (χ0n) is 10.4. The SMILES string of the molecule is CCC(Oc1ccccc1Cl)N1CCCCC1. The monoisotopic (exact) mass is 253 g/mol. The third-order valence-corrected chi connectivity index (χ3v) is 3.56. The second kappa shape index (κ2) is 6.27. The minimum atomic E-state index is 0.162. The Kier molecular flexibility index (Phi) is 4.69. The average Bonchev–Trinajstić information content (AvgIpc) is 2.39. The van der Waals surface area contributed by atoms with Crippen LogP contribution in [0.1, 0.15) is 32.6 Å². The van der Waals surface area contributed by atoms with E-state index in [1.807, 2.05) is 24.3 Å². The van der Waals surface area contributed by atoms with Crippen LogP contribution >= 0.6 is 11.6 Å². The fourth-order valence-electron chi connectivity index (χ4n) is 2.31. The Balaban J connectivity index is 2.01. The summed E-state index contributed by atoms with van der Waals surface area (Å²) in [5.74, 6) is 0.798. The van der Waals surface area contributed by atoms with Crippen LogP contribution in [0, 0.1) is 0 Å². The molecule has 0 aromatic heterocycles. The maximum Gasteiger partial charge on any atom is 0.152 e. The Morgan fingerprint density at radius 3 is 2.59 bits per heavy atom. The maximum absolute atomic E-state index is 6.12. The highest BCUT2D eigenvalue weighted by Gasteiger charge is 2.20. The summed E-state index contributed by atoms with van der Waals surface area (Å²) in [7, 11) is 0. The van der Waals surface area contributed by atoms with Gasteiger partial charge in [-0.15, -0.1) is 0 Å². The van der Waals surface area contributed by atoms with Crippen LogP contribution in [0.25, 0.3) is 0 Å². The Labute approximate surface area is 109 Å². The molecule has 17 heavy (non-hydrogen) atoms. The van der Waals surface area contributed by atoms with Gasteiger partial charge in [-0.05, 0) is 31.4 Å². The first-order chi connectivity index (χ1) is 8.31. The summed E-state index contributed by atoms with van der Waals surface area (Å²) in [5.41, 5.74) is 0. The number of hydrogen-bond donors (Lipinski definition) is 0.